The number of amides is 3. The number of carbonyl (C=O) groups excluding carboxylic acids is 4. The summed E-state index contributed by atoms with van der Waals surface area (Å²) in [6.45, 7) is 4.60. The molecular weight excluding hydrogens is 561 g/mol. The number of ketones is 1. The van der Waals surface area contributed by atoms with Gasteiger partial charge < -0.3 is 36.6 Å². The summed E-state index contributed by atoms with van der Waals surface area (Å²) in [6, 6.07) is -3.51. The lowest BCUT2D eigenvalue weighted by Gasteiger charge is -2.27. The highest BCUT2D eigenvalue weighted by atomic mass is 32.2. The SMILES string of the molecule is CNC(C(=O)NC(CSCCO)C(=O)NC(CSCCO)C(=O)NC(C(C)=O)C(C)SCCO)C(C)S.[HH]. The molecule has 6 atom stereocenters. The van der Waals surface area contributed by atoms with Gasteiger partial charge in [-0.3, -0.25) is 19.2 Å². The molecule has 0 fully saturated rings. The second-order valence-corrected chi connectivity index (χ2v) is 12.7. The Kier molecular flexibility index (Phi) is 20.8. The summed E-state index contributed by atoms with van der Waals surface area (Å²) in [5.74, 6) is -0.448. The zero-order valence-electron chi connectivity index (χ0n) is 21.8. The molecule has 0 rings (SSSR count). The van der Waals surface area contributed by atoms with Crippen LogP contribution in [0.4, 0.5) is 0 Å². The summed E-state index contributed by atoms with van der Waals surface area (Å²) in [5, 5.41) is 37.6. The van der Waals surface area contributed by atoms with Crippen molar-refractivity contribution in [3.63, 3.8) is 0 Å². The van der Waals surface area contributed by atoms with Crippen molar-refractivity contribution in [2.45, 2.75) is 55.4 Å². The number of carbonyl (C=O) groups is 4. The molecule has 0 radical (unpaired) electrons. The molecule has 6 unspecified atom stereocenters. The van der Waals surface area contributed by atoms with Gasteiger partial charge in [0, 0.05) is 40.7 Å². The van der Waals surface area contributed by atoms with Crippen LogP contribution in [0.5, 0.6) is 0 Å². The van der Waals surface area contributed by atoms with Crippen LogP contribution in [0.2, 0.25) is 0 Å². The number of Topliss-reactive ketones (excluding diaryl/α,β-unsaturated/α-hetero) is 1. The van der Waals surface area contributed by atoms with Gasteiger partial charge in [-0.1, -0.05) is 13.8 Å². The zero-order chi connectivity index (χ0) is 28.4. The van der Waals surface area contributed by atoms with Crippen molar-refractivity contribution in [3.8, 4) is 0 Å². The summed E-state index contributed by atoms with van der Waals surface area (Å²) < 4.78 is 0. The van der Waals surface area contributed by atoms with Gasteiger partial charge in [-0.2, -0.15) is 47.9 Å². The fourth-order valence-electron chi connectivity index (χ4n) is 3.16. The highest BCUT2D eigenvalue weighted by Gasteiger charge is 2.32. The predicted octanol–water partition coefficient (Wildman–Crippen LogP) is -1.25. The van der Waals surface area contributed by atoms with Crippen molar-refractivity contribution in [2.24, 2.45) is 0 Å². The molecule has 15 heteroatoms. The Labute approximate surface area is 239 Å². The number of hydrogen-bond acceptors (Lipinski definition) is 12. The van der Waals surface area contributed by atoms with E-state index >= 15 is 0 Å². The van der Waals surface area contributed by atoms with Gasteiger partial charge in [0.25, 0.3) is 0 Å². The van der Waals surface area contributed by atoms with Crippen molar-refractivity contribution in [3.05, 3.63) is 0 Å². The van der Waals surface area contributed by atoms with Gasteiger partial charge in [-0.15, -0.1) is 0 Å². The fourth-order valence-corrected chi connectivity index (χ4v) is 5.91. The first-order chi connectivity index (χ1) is 17.5. The maximum Gasteiger partial charge on any atom is 0.244 e. The van der Waals surface area contributed by atoms with Crippen molar-refractivity contribution in [1.29, 1.82) is 0 Å². The number of thioether (sulfide) groups is 3. The molecule has 0 aromatic heterocycles. The fraction of sp³-hybridized carbons (Fsp3) is 0.818. The molecule has 0 aliphatic heterocycles. The van der Waals surface area contributed by atoms with Gasteiger partial charge >= 0.3 is 0 Å². The Morgan fingerprint density at radius 2 is 1.24 bits per heavy atom. The van der Waals surface area contributed by atoms with Gasteiger partial charge in [-0.25, -0.2) is 0 Å². The van der Waals surface area contributed by atoms with Crippen LogP contribution in [0.15, 0.2) is 0 Å². The van der Waals surface area contributed by atoms with E-state index in [1.807, 2.05) is 0 Å². The number of nitrogens with one attached hydrogen (secondary N) is 4. The van der Waals surface area contributed by atoms with E-state index in [4.69, 9.17) is 15.3 Å². The minimum absolute atomic E-state index is 0. The number of rotatable bonds is 21. The zero-order valence-corrected chi connectivity index (χ0v) is 25.1. The van der Waals surface area contributed by atoms with Crippen LogP contribution < -0.4 is 21.3 Å². The van der Waals surface area contributed by atoms with E-state index < -0.39 is 41.9 Å². The largest absolute Gasteiger partial charge is 0.396 e. The second kappa shape index (κ2) is 21.2. The van der Waals surface area contributed by atoms with Crippen LogP contribution in [-0.4, -0.2) is 129 Å². The van der Waals surface area contributed by atoms with E-state index in [0.29, 0.717) is 17.3 Å². The number of aliphatic hydroxyl groups is 3. The third kappa shape index (κ3) is 14.9. The van der Waals surface area contributed by atoms with Crippen LogP contribution >= 0.6 is 47.9 Å². The van der Waals surface area contributed by atoms with E-state index in [1.165, 1.54) is 42.2 Å². The molecule has 7 N–H and O–H groups in total. The lowest BCUT2D eigenvalue weighted by molar-refractivity contribution is -0.132. The summed E-state index contributed by atoms with van der Waals surface area (Å²) in [4.78, 5) is 51.3. The minimum atomic E-state index is -1.04. The van der Waals surface area contributed by atoms with Gasteiger partial charge in [0.15, 0.2) is 5.78 Å². The summed E-state index contributed by atoms with van der Waals surface area (Å²) in [5.41, 5.74) is 0. The monoisotopic (exact) mass is 604 g/mol. The third-order valence-electron chi connectivity index (χ3n) is 5.06. The minimum Gasteiger partial charge on any atom is -0.396 e. The van der Waals surface area contributed by atoms with Crippen molar-refractivity contribution < 1.29 is 35.9 Å². The third-order valence-corrected chi connectivity index (χ3v) is 8.65. The first-order valence-corrected chi connectivity index (χ1v) is 15.8. The van der Waals surface area contributed by atoms with Crippen LogP contribution in [0.1, 0.15) is 22.2 Å². The van der Waals surface area contributed by atoms with E-state index in [0.717, 1.165) is 0 Å². The molecule has 0 aliphatic carbocycles. The predicted molar refractivity (Wildman–Crippen MR) is 158 cm³/mol. The van der Waals surface area contributed by atoms with E-state index in [9.17, 15) is 19.2 Å². The Morgan fingerprint density at radius 3 is 1.65 bits per heavy atom. The van der Waals surface area contributed by atoms with Crippen molar-refractivity contribution in [2.75, 3.05) is 55.6 Å². The topological polar surface area (TPSA) is 177 Å². The van der Waals surface area contributed by atoms with Gasteiger partial charge in [0.2, 0.25) is 17.7 Å². The second-order valence-electron chi connectivity index (χ2n) is 8.12. The van der Waals surface area contributed by atoms with Gasteiger partial charge in [0.05, 0.1) is 31.9 Å². The summed E-state index contributed by atoms with van der Waals surface area (Å²) >= 11 is 8.17. The first kappa shape index (κ1) is 36.3. The molecule has 0 spiro atoms. The quantitative estimate of drug-likeness (QED) is 0.0580. The average molecular weight is 605 g/mol. The van der Waals surface area contributed by atoms with Crippen LogP contribution in [-0.2, 0) is 19.2 Å². The highest BCUT2D eigenvalue weighted by Crippen LogP contribution is 2.15. The molecule has 0 heterocycles. The molecule has 0 aliphatic rings. The number of likely N-dealkylation sites (N-methyl/N-ethyl adjacent to an activating group) is 1. The number of hydrogen-bond donors (Lipinski definition) is 8. The molecule has 37 heavy (non-hydrogen) atoms. The Bertz CT molecular complexity index is 713. The normalized spacial score (nSPS) is 16.1. The Hall–Kier alpha value is -0.680. The van der Waals surface area contributed by atoms with Gasteiger partial charge in [-0.05, 0) is 14.0 Å². The van der Waals surface area contributed by atoms with Crippen LogP contribution in [0.25, 0.3) is 0 Å². The Morgan fingerprint density at radius 1 is 0.784 bits per heavy atom. The molecule has 0 aromatic carbocycles. The van der Waals surface area contributed by atoms with Crippen molar-refractivity contribution in [1.82, 2.24) is 21.3 Å². The summed E-state index contributed by atoms with van der Waals surface area (Å²) in [7, 11) is 1.61. The average Bonchev–Trinajstić information content (AvgIpc) is 2.84. The molecule has 0 aromatic rings. The Balaban J connectivity index is 0. The smallest absolute Gasteiger partial charge is 0.244 e. The van der Waals surface area contributed by atoms with E-state index in [1.54, 1.807) is 20.9 Å². The maximum atomic E-state index is 13.2. The number of aliphatic hydroxyl groups excluding tert-OH is 3. The lowest BCUT2D eigenvalue weighted by Crippen LogP contribution is -2.59. The highest BCUT2D eigenvalue weighted by molar-refractivity contribution is 8.00. The molecule has 218 valence electrons. The van der Waals surface area contributed by atoms with Gasteiger partial charge in [0.1, 0.15) is 12.1 Å². The molecule has 3 amide bonds. The molecule has 0 saturated heterocycles. The number of thiol groups is 1. The molecule has 0 bridgehead atoms. The van der Waals surface area contributed by atoms with Crippen LogP contribution in [0, 0.1) is 0 Å². The van der Waals surface area contributed by atoms with Crippen LogP contribution in [0.3, 0.4) is 0 Å². The van der Waals surface area contributed by atoms with E-state index in [2.05, 4.69) is 33.9 Å². The van der Waals surface area contributed by atoms with E-state index in [-0.39, 0.29) is 49.0 Å². The first-order valence-electron chi connectivity index (χ1n) is 11.9. The molecule has 0 saturated carbocycles. The standard InChI is InChI=1S/C22H42N4O7S4.H2/c1-13(30)18(15(3)37-10-7-29)26-21(32)17(12-36-9-6-28)24-20(31)16(11-35-8-5-27)25-22(33)19(23-4)14(2)34;/h14-19,23,27-29,34H,5-12H2,1-4H3,(H,24,31)(H,25,33)(H,26,32);1H. The lowest BCUT2D eigenvalue weighted by atomic mass is 10.1. The summed E-state index contributed by atoms with van der Waals surface area (Å²) in [6.07, 6.45) is 0. The van der Waals surface area contributed by atoms with Crippen molar-refractivity contribution >= 4 is 71.4 Å². The maximum absolute atomic E-state index is 13.2. The molecule has 11 nitrogen and oxygen atoms in total. The molecular formula is C22H44N4O7S4.